The summed E-state index contributed by atoms with van der Waals surface area (Å²) in [6.07, 6.45) is -1.04. The minimum atomic E-state index is -1.04. The van der Waals surface area contributed by atoms with Crippen molar-refractivity contribution >= 4 is 28.6 Å². The van der Waals surface area contributed by atoms with Crippen LogP contribution in [0.5, 0.6) is 0 Å². The van der Waals surface area contributed by atoms with Crippen LogP contribution >= 0.6 is 0 Å². The molecule has 0 fully saturated rings. The minimum Gasteiger partial charge on any atom is -0.449 e. The summed E-state index contributed by atoms with van der Waals surface area (Å²) in [6, 6.07) is 20.0. The number of esters is 1. The van der Waals surface area contributed by atoms with Crippen molar-refractivity contribution < 1.29 is 18.7 Å². The van der Waals surface area contributed by atoms with Crippen molar-refractivity contribution in [1.29, 1.82) is 0 Å². The van der Waals surface area contributed by atoms with Crippen LogP contribution in [0.3, 0.4) is 0 Å². The van der Waals surface area contributed by atoms with Crippen molar-refractivity contribution in [1.82, 2.24) is 15.0 Å². The van der Waals surface area contributed by atoms with Crippen molar-refractivity contribution in [2.75, 3.05) is 5.32 Å². The number of para-hydroxylation sites is 1. The lowest BCUT2D eigenvalue weighted by Gasteiger charge is -2.14. The third kappa shape index (κ3) is 4.75. The topological polar surface area (TPSA) is 86.1 Å². The summed E-state index contributed by atoms with van der Waals surface area (Å²) in [7, 11) is 0. The lowest BCUT2D eigenvalue weighted by atomic mass is 10.1. The van der Waals surface area contributed by atoms with E-state index in [1.54, 1.807) is 35.0 Å². The number of carbonyl (C=O) groups excluding carboxylic acids is 2. The van der Waals surface area contributed by atoms with Gasteiger partial charge in [0, 0.05) is 5.69 Å². The molecule has 4 rings (SSSR count). The molecule has 7 nitrogen and oxygen atoms in total. The number of benzene rings is 3. The third-order valence-electron chi connectivity index (χ3n) is 4.69. The summed E-state index contributed by atoms with van der Waals surface area (Å²) in [4.78, 5) is 24.6. The van der Waals surface area contributed by atoms with Gasteiger partial charge in [-0.3, -0.25) is 4.79 Å². The Morgan fingerprint density at radius 1 is 1.06 bits per heavy atom. The highest BCUT2D eigenvalue weighted by atomic mass is 19.1. The molecule has 0 saturated heterocycles. The lowest BCUT2D eigenvalue weighted by molar-refractivity contribution is -0.123. The first-order valence-corrected chi connectivity index (χ1v) is 9.64. The minimum absolute atomic E-state index is 0.290. The van der Waals surface area contributed by atoms with Crippen LogP contribution in [0.1, 0.15) is 22.8 Å². The second-order valence-electron chi connectivity index (χ2n) is 6.98. The molecule has 1 heterocycles. The summed E-state index contributed by atoms with van der Waals surface area (Å²) < 4.78 is 20.2. The van der Waals surface area contributed by atoms with E-state index in [0.717, 1.165) is 16.6 Å². The SMILES string of the molecule is C[C@H](OC(=O)c1ccc(Cn2nnc3ccccc32)cc1)C(=O)Nc1cccc(F)c1. The normalized spacial score (nSPS) is 11.8. The van der Waals surface area contributed by atoms with E-state index in [9.17, 15) is 14.0 Å². The Bertz CT molecular complexity index is 1240. The molecule has 0 radical (unpaired) electrons. The molecule has 31 heavy (non-hydrogen) atoms. The van der Waals surface area contributed by atoms with Gasteiger partial charge in [0.2, 0.25) is 0 Å². The maximum absolute atomic E-state index is 13.2. The highest BCUT2D eigenvalue weighted by Crippen LogP contribution is 2.14. The number of nitrogens with zero attached hydrogens (tertiary/aromatic N) is 3. The monoisotopic (exact) mass is 418 g/mol. The molecule has 4 aromatic rings. The smallest absolute Gasteiger partial charge is 0.338 e. The van der Waals surface area contributed by atoms with E-state index in [1.165, 1.54) is 25.1 Å². The van der Waals surface area contributed by atoms with E-state index in [-0.39, 0.29) is 5.69 Å². The molecule has 0 unspecified atom stereocenters. The molecule has 8 heteroatoms. The van der Waals surface area contributed by atoms with Gasteiger partial charge in [-0.1, -0.05) is 35.5 Å². The maximum atomic E-state index is 13.2. The van der Waals surface area contributed by atoms with Gasteiger partial charge in [0.25, 0.3) is 5.91 Å². The van der Waals surface area contributed by atoms with E-state index >= 15 is 0 Å². The number of fused-ring (bicyclic) bond motifs is 1. The van der Waals surface area contributed by atoms with Gasteiger partial charge in [0.05, 0.1) is 17.6 Å². The number of aromatic nitrogens is 3. The molecular formula is C23H19FN4O3. The first-order chi connectivity index (χ1) is 15.0. The summed E-state index contributed by atoms with van der Waals surface area (Å²) in [6.45, 7) is 1.96. The average molecular weight is 418 g/mol. The molecule has 1 atom stereocenters. The Kier molecular flexibility index (Phi) is 5.70. The van der Waals surface area contributed by atoms with Crippen LogP contribution in [0.2, 0.25) is 0 Å². The number of amides is 1. The van der Waals surface area contributed by atoms with Gasteiger partial charge in [-0.25, -0.2) is 13.9 Å². The van der Waals surface area contributed by atoms with E-state index < -0.39 is 23.8 Å². The molecule has 156 valence electrons. The van der Waals surface area contributed by atoms with Gasteiger partial charge in [0.15, 0.2) is 6.10 Å². The fourth-order valence-electron chi connectivity index (χ4n) is 3.05. The maximum Gasteiger partial charge on any atom is 0.338 e. The number of rotatable bonds is 6. The second-order valence-corrected chi connectivity index (χ2v) is 6.98. The molecule has 0 aliphatic heterocycles. The highest BCUT2D eigenvalue weighted by molar-refractivity contribution is 5.97. The summed E-state index contributed by atoms with van der Waals surface area (Å²) in [5.74, 6) is -1.64. The van der Waals surface area contributed by atoms with E-state index in [0.29, 0.717) is 12.1 Å². The van der Waals surface area contributed by atoms with Gasteiger partial charge in [-0.2, -0.15) is 0 Å². The first-order valence-electron chi connectivity index (χ1n) is 9.64. The van der Waals surface area contributed by atoms with Gasteiger partial charge < -0.3 is 10.1 Å². The molecule has 0 aliphatic rings. The largest absolute Gasteiger partial charge is 0.449 e. The van der Waals surface area contributed by atoms with E-state index in [4.69, 9.17) is 4.74 Å². The fourth-order valence-corrected chi connectivity index (χ4v) is 3.05. The van der Waals surface area contributed by atoms with E-state index in [2.05, 4.69) is 15.6 Å². The van der Waals surface area contributed by atoms with Crippen LogP contribution in [-0.4, -0.2) is 33.0 Å². The third-order valence-corrected chi connectivity index (χ3v) is 4.69. The van der Waals surface area contributed by atoms with Gasteiger partial charge in [-0.15, -0.1) is 5.10 Å². The number of hydrogen-bond acceptors (Lipinski definition) is 5. The highest BCUT2D eigenvalue weighted by Gasteiger charge is 2.19. The van der Waals surface area contributed by atoms with Crippen LogP contribution in [0.15, 0.2) is 72.8 Å². The molecule has 0 saturated carbocycles. The zero-order valence-corrected chi connectivity index (χ0v) is 16.7. The van der Waals surface area contributed by atoms with Gasteiger partial charge >= 0.3 is 5.97 Å². The Morgan fingerprint density at radius 3 is 2.61 bits per heavy atom. The number of ether oxygens (including phenoxy) is 1. The zero-order valence-electron chi connectivity index (χ0n) is 16.7. The Morgan fingerprint density at radius 2 is 1.84 bits per heavy atom. The molecule has 1 N–H and O–H groups in total. The average Bonchev–Trinajstić information content (AvgIpc) is 3.17. The predicted octanol–water partition coefficient (Wildman–Crippen LogP) is 3.80. The molecule has 0 spiro atoms. The van der Waals surface area contributed by atoms with Crippen LogP contribution in [0.4, 0.5) is 10.1 Å². The molecule has 0 aliphatic carbocycles. The van der Waals surface area contributed by atoms with Crippen molar-refractivity contribution in [3.05, 3.63) is 89.7 Å². The molecule has 1 aromatic heterocycles. The van der Waals surface area contributed by atoms with Crippen molar-refractivity contribution in [2.45, 2.75) is 19.6 Å². The summed E-state index contributed by atoms with van der Waals surface area (Å²) >= 11 is 0. The van der Waals surface area contributed by atoms with Gasteiger partial charge in [0.1, 0.15) is 11.3 Å². The van der Waals surface area contributed by atoms with E-state index in [1.807, 2.05) is 24.3 Å². The number of carbonyl (C=O) groups is 2. The summed E-state index contributed by atoms with van der Waals surface area (Å²) in [5, 5.41) is 10.8. The zero-order chi connectivity index (χ0) is 21.8. The van der Waals surface area contributed by atoms with Crippen LogP contribution in [0.25, 0.3) is 11.0 Å². The van der Waals surface area contributed by atoms with Crippen LogP contribution < -0.4 is 5.32 Å². The summed E-state index contributed by atoms with van der Waals surface area (Å²) in [5.41, 5.74) is 3.27. The first kappa shape index (κ1) is 20.2. The molecule has 1 amide bonds. The number of hydrogen-bond donors (Lipinski definition) is 1. The quantitative estimate of drug-likeness (QED) is 0.482. The van der Waals surface area contributed by atoms with Crippen LogP contribution in [0, 0.1) is 5.82 Å². The number of halogens is 1. The van der Waals surface area contributed by atoms with Crippen LogP contribution in [-0.2, 0) is 16.1 Å². The Balaban J connectivity index is 1.37. The van der Waals surface area contributed by atoms with Gasteiger partial charge in [-0.05, 0) is 55.0 Å². The Labute approximate surface area is 177 Å². The molecule has 3 aromatic carbocycles. The number of anilines is 1. The predicted molar refractivity (Wildman–Crippen MR) is 113 cm³/mol. The fraction of sp³-hybridized carbons (Fsp3) is 0.130. The number of nitrogens with one attached hydrogen (secondary N) is 1. The Hall–Kier alpha value is -4.07. The van der Waals surface area contributed by atoms with Crippen molar-refractivity contribution in [3.63, 3.8) is 0 Å². The second kappa shape index (κ2) is 8.74. The lowest BCUT2D eigenvalue weighted by Crippen LogP contribution is -2.30. The van der Waals surface area contributed by atoms with Crippen molar-refractivity contribution in [3.8, 4) is 0 Å². The molecule has 0 bridgehead atoms. The van der Waals surface area contributed by atoms with Crippen molar-refractivity contribution in [2.24, 2.45) is 0 Å². The molecular weight excluding hydrogens is 399 g/mol. The standard InChI is InChI=1S/C23H19FN4O3/c1-15(22(29)25-19-6-4-5-18(24)13-19)31-23(30)17-11-9-16(10-12-17)14-28-21-8-3-2-7-20(21)26-27-28/h2-13,15H,14H2,1H3,(H,25,29)/t15-/m0/s1.